The van der Waals surface area contributed by atoms with E-state index in [1.54, 1.807) is 36.5 Å². The van der Waals surface area contributed by atoms with Crippen molar-refractivity contribution in [3.63, 3.8) is 0 Å². The van der Waals surface area contributed by atoms with Gasteiger partial charge in [0.2, 0.25) is 17.7 Å². The molecule has 39 heavy (non-hydrogen) atoms. The van der Waals surface area contributed by atoms with Crippen molar-refractivity contribution < 1.29 is 34.5 Å². The molecule has 0 aliphatic rings. The summed E-state index contributed by atoms with van der Waals surface area (Å²) < 4.78 is 0. The second kappa shape index (κ2) is 13.5. The SMILES string of the molecule is CC(O)C(NC(=O)C(Cc1ccccc1)NC(=O)C(N)CO)C(=O)NC(Cc1c[nH]c2ccccc12)C(=O)O. The van der Waals surface area contributed by atoms with E-state index < -0.39 is 60.6 Å². The van der Waals surface area contributed by atoms with Crippen LogP contribution >= 0.6 is 0 Å². The maximum atomic E-state index is 13.2. The number of aromatic nitrogens is 1. The molecule has 5 unspecified atom stereocenters. The van der Waals surface area contributed by atoms with Crippen LogP contribution in [0.15, 0.2) is 60.8 Å². The van der Waals surface area contributed by atoms with Gasteiger partial charge < -0.3 is 42.0 Å². The number of hydrogen-bond acceptors (Lipinski definition) is 7. The van der Waals surface area contributed by atoms with E-state index in [0.717, 1.165) is 10.9 Å². The third-order valence-corrected chi connectivity index (χ3v) is 6.23. The summed E-state index contributed by atoms with van der Waals surface area (Å²) in [5.41, 5.74) is 7.74. The number of carbonyl (C=O) groups is 4. The Bertz CT molecular complexity index is 1290. The summed E-state index contributed by atoms with van der Waals surface area (Å²) in [5.74, 6) is -3.79. The van der Waals surface area contributed by atoms with E-state index in [-0.39, 0.29) is 12.8 Å². The molecule has 0 saturated heterocycles. The lowest BCUT2D eigenvalue weighted by atomic mass is 10.0. The summed E-state index contributed by atoms with van der Waals surface area (Å²) in [6, 6.07) is 10.7. The molecule has 0 saturated carbocycles. The Morgan fingerprint density at radius 1 is 0.872 bits per heavy atom. The van der Waals surface area contributed by atoms with Gasteiger partial charge in [0.05, 0.1) is 12.7 Å². The fraction of sp³-hybridized carbons (Fsp3) is 0.333. The minimum absolute atomic E-state index is 0.0308. The molecule has 9 N–H and O–H groups in total. The molecule has 0 spiro atoms. The van der Waals surface area contributed by atoms with Crippen LogP contribution in [0.2, 0.25) is 0 Å². The number of H-pyrrole nitrogens is 1. The fourth-order valence-electron chi connectivity index (χ4n) is 4.06. The zero-order valence-electron chi connectivity index (χ0n) is 21.3. The van der Waals surface area contributed by atoms with Crippen LogP contribution in [-0.2, 0) is 32.0 Å². The van der Waals surface area contributed by atoms with E-state index in [2.05, 4.69) is 20.9 Å². The lowest BCUT2D eigenvalue weighted by Gasteiger charge is -2.26. The van der Waals surface area contributed by atoms with Gasteiger partial charge in [-0.3, -0.25) is 14.4 Å². The molecule has 1 heterocycles. The Hall–Kier alpha value is -4.26. The highest BCUT2D eigenvalue weighted by Crippen LogP contribution is 2.19. The molecule has 0 aliphatic heterocycles. The molecule has 3 aromatic rings. The Morgan fingerprint density at radius 2 is 1.51 bits per heavy atom. The van der Waals surface area contributed by atoms with Gasteiger partial charge in [0.1, 0.15) is 24.2 Å². The Morgan fingerprint density at radius 3 is 2.15 bits per heavy atom. The lowest BCUT2D eigenvalue weighted by molar-refractivity contribution is -0.143. The summed E-state index contributed by atoms with van der Waals surface area (Å²) in [4.78, 5) is 53.6. The number of carboxylic acids is 1. The quantitative estimate of drug-likeness (QED) is 0.137. The topological polar surface area (TPSA) is 207 Å². The van der Waals surface area contributed by atoms with Gasteiger partial charge in [0.25, 0.3) is 0 Å². The van der Waals surface area contributed by atoms with Crippen molar-refractivity contribution in [2.75, 3.05) is 6.61 Å². The summed E-state index contributed by atoms with van der Waals surface area (Å²) in [7, 11) is 0. The van der Waals surface area contributed by atoms with Gasteiger partial charge in [-0.25, -0.2) is 4.79 Å². The largest absolute Gasteiger partial charge is 0.480 e. The minimum atomic E-state index is -1.52. The average molecular weight is 540 g/mol. The Kier molecular flexibility index (Phi) is 10.1. The second-order valence-corrected chi connectivity index (χ2v) is 9.23. The van der Waals surface area contributed by atoms with Crippen LogP contribution in [0.25, 0.3) is 10.9 Å². The number of nitrogens with one attached hydrogen (secondary N) is 4. The number of rotatable bonds is 13. The van der Waals surface area contributed by atoms with Crippen molar-refractivity contribution in [1.82, 2.24) is 20.9 Å². The number of hydrogen-bond donors (Lipinski definition) is 8. The third-order valence-electron chi connectivity index (χ3n) is 6.23. The molecule has 1 aromatic heterocycles. The van der Waals surface area contributed by atoms with E-state index in [1.165, 1.54) is 6.92 Å². The molecule has 0 radical (unpaired) electrons. The van der Waals surface area contributed by atoms with E-state index >= 15 is 0 Å². The van der Waals surface area contributed by atoms with Crippen LogP contribution in [-0.4, -0.2) is 80.9 Å². The highest BCUT2D eigenvalue weighted by atomic mass is 16.4. The minimum Gasteiger partial charge on any atom is -0.480 e. The maximum absolute atomic E-state index is 13.2. The van der Waals surface area contributed by atoms with E-state index in [0.29, 0.717) is 11.1 Å². The molecule has 3 rings (SSSR count). The monoisotopic (exact) mass is 539 g/mol. The number of fused-ring (bicyclic) bond motifs is 1. The molecular formula is C27H33N5O7. The molecule has 2 aromatic carbocycles. The average Bonchev–Trinajstić information content (AvgIpc) is 3.33. The van der Waals surface area contributed by atoms with Crippen LogP contribution in [0.3, 0.4) is 0 Å². The van der Waals surface area contributed by atoms with Crippen molar-refractivity contribution in [1.29, 1.82) is 0 Å². The summed E-state index contributed by atoms with van der Waals surface area (Å²) in [5, 5.41) is 37.3. The summed E-state index contributed by atoms with van der Waals surface area (Å²) >= 11 is 0. The van der Waals surface area contributed by atoms with E-state index in [9.17, 15) is 34.5 Å². The first-order valence-corrected chi connectivity index (χ1v) is 12.4. The van der Waals surface area contributed by atoms with Crippen LogP contribution in [0, 0.1) is 0 Å². The zero-order chi connectivity index (χ0) is 28.5. The molecular weight excluding hydrogens is 506 g/mol. The van der Waals surface area contributed by atoms with Gasteiger partial charge in [-0.05, 0) is 24.1 Å². The smallest absolute Gasteiger partial charge is 0.326 e. The summed E-state index contributed by atoms with van der Waals surface area (Å²) in [6.07, 6.45) is 0.249. The number of carbonyl (C=O) groups excluding carboxylic acids is 3. The van der Waals surface area contributed by atoms with E-state index in [4.69, 9.17) is 5.73 Å². The number of nitrogens with two attached hydrogens (primary N) is 1. The number of benzene rings is 2. The van der Waals surface area contributed by atoms with Crippen molar-refractivity contribution >= 4 is 34.6 Å². The highest BCUT2D eigenvalue weighted by Gasteiger charge is 2.33. The number of aromatic amines is 1. The van der Waals surface area contributed by atoms with Gasteiger partial charge in [0, 0.05) is 29.9 Å². The maximum Gasteiger partial charge on any atom is 0.326 e. The highest BCUT2D eigenvalue weighted by molar-refractivity contribution is 5.94. The van der Waals surface area contributed by atoms with Crippen molar-refractivity contribution in [2.45, 2.75) is 50.0 Å². The normalized spacial score (nSPS) is 15.0. The van der Waals surface area contributed by atoms with Gasteiger partial charge in [-0.15, -0.1) is 0 Å². The molecule has 12 heteroatoms. The first kappa shape index (κ1) is 29.3. The number of para-hydroxylation sites is 1. The number of aliphatic hydroxyl groups is 2. The van der Waals surface area contributed by atoms with Crippen LogP contribution in [0.4, 0.5) is 0 Å². The van der Waals surface area contributed by atoms with Gasteiger partial charge in [0.15, 0.2) is 0 Å². The zero-order valence-corrected chi connectivity index (χ0v) is 21.3. The van der Waals surface area contributed by atoms with Crippen LogP contribution in [0.1, 0.15) is 18.1 Å². The lowest BCUT2D eigenvalue weighted by Crippen LogP contribution is -2.60. The summed E-state index contributed by atoms with van der Waals surface area (Å²) in [6.45, 7) is 0.629. The Labute approximate surface area is 224 Å². The van der Waals surface area contributed by atoms with Gasteiger partial charge in [-0.2, -0.15) is 0 Å². The molecule has 0 aliphatic carbocycles. The predicted octanol–water partition coefficient (Wildman–Crippen LogP) is -0.807. The molecule has 3 amide bonds. The number of amides is 3. The number of aliphatic carboxylic acids is 1. The van der Waals surface area contributed by atoms with Crippen molar-refractivity contribution in [3.05, 3.63) is 71.9 Å². The first-order chi connectivity index (χ1) is 18.6. The predicted molar refractivity (Wildman–Crippen MR) is 142 cm³/mol. The van der Waals surface area contributed by atoms with Crippen LogP contribution < -0.4 is 21.7 Å². The molecule has 0 bridgehead atoms. The number of aliphatic hydroxyl groups excluding tert-OH is 2. The van der Waals surface area contributed by atoms with Gasteiger partial charge in [-0.1, -0.05) is 48.5 Å². The van der Waals surface area contributed by atoms with Crippen molar-refractivity contribution in [3.8, 4) is 0 Å². The number of carboxylic acid groups (broad SMARTS) is 1. The van der Waals surface area contributed by atoms with Crippen molar-refractivity contribution in [2.24, 2.45) is 5.73 Å². The molecule has 0 fully saturated rings. The molecule has 12 nitrogen and oxygen atoms in total. The van der Waals surface area contributed by atoms with E-state index in [1.807, 2.05) is 24.3 Å². The first-order valence-electron chi connectivity index (χ1n) is 12.4. The second-order valence-electron chi connectivity index (χ2n) is 9.23. The van der Waals surface area contributed by atoms with Crippen LogP contribution in [0.5, 0.6) is 0 Å². The fourth-order valence-corrected chi connectivity index (χ4v) is 4.06. The standard InChI is InChI=1S/C27H33N5O7/c1-15(34)23(26(37)31-22(27(38)39)12-17-13-29-20-10-6-5-9-18(17)20)32-25(36)21(30-24(35)19(28)14-33)11-16-7-3-2-4-8-16/h2-10,13,15,19,21-23,29,33-34H,11-12,14,28H2,1H3,(H,30,35)(H,31,37)(H,32,36)(H,38,39). The third kappa shape index (κ3) is 7.87. The molecule has 5 atom stereocenters. The Balaban J connectivity index is 1.75. The van der Waals surface area contributed by atoms with Gasteiger partial charge >= 0.3 is 5.97 Å². The molecule has 208 valence electrons.